The predicted octanol–water partition coefficient (Wildman–Crippen LogP) is 2.23. The van der Waals surface area contributed by atoms with Crippen LogP contribution in [-0.2, 0) is 13.3 Å². The highest BCUT2D eigenvalue weighted by Gasteiger charge is 2.46. The van der Waals surface area contributed by atoms with Gasteiger partial charge in [0, 0.05) is 26.5 Å². The van der Waals surface area contributed by atoms with Crippen LogP contribution in [0.5, 0.6) is 0 Å². The maximum absolute atomic E-state index is 5.81. The highest BCUT2D eigenvalue weighted by atomic mass is 28.4. The van der Waals surface area contributed by atoms with Crippen LogP contribution in [0.3, 0.4) is 0 Å². The predicted molar refractivity (Wildman–Crippen MR) is 112 cm³/mol. The third-order valence-electron chi connectivity index (χ3n) is 4.79. The Kier molecular flexibility index (Phi) is 10.9. The van der Waals surface area contributed by atoms with E-state index in [1.807, 2.05) is 0 Å². The third kappa shape index (κ3) is 6.88. The van der Waals surface area contributed by atoms with Crippen LogP contribution >= 0.6 is 0 Å². The molecule has 0 fully saturated rings. The lowest BCUT2D eigenvalue weighted by Crippen LogP contribution is -2.51. The van der Waals surface area contributed by atoms with Gasteiger partial charge in [-0.15, -0.1) is 0 Å². The van der Waals surface area contributed by atoms with Gasteiger partial charge >= 0.3 is 8.80 Å². The lowest BCUT2D eigenvalue weighted by atomic mass is 10.1. The van der Waals surface area contributed by atoms with Crippen LogP contribution in [0.2, 0.25) is 5.16 Å². The zero-order valence-electron chi connectivity index (χ0n) is 17.5. The first-order valence-electron chi connectivity index (χ1n) is 9.20. The SMILES string of the molecule is CO[Si](OC)(OC)C(CCCCC(N(C)C)N(C)C)[Si]c1ccccc1. The summed E-state index contributed by atoms with van der Waals surface area (Å²) in [6, 6.07) is 10.6. The van der Waals surface area contributed by atoms with Crippen LogP contribution in [0.25, 0.3) is 0 Å². The van der Waals surface area contributed by atoms with Gasteiger partial charge in [-0.1, -0.05) is 48.4 Å². The fourth-order valence-corrected chi connectivity index (χ4v) is 8.72. The summed E-state index contributed by atoms with van der Waals surface area (Å²) in [7, 11) is 11.7. The van der Waals surface area contributed by atoms with Crippen LogP contribution in [0.4, 0.5) is 0 Å². The van der Waals surface area contributed by atoms with Gasteiger partial charge in [0.25, 0.3) is 0 Å². The number of benzene rings is 1. The van der Waals surface area contributed by atoms with E-state index < -0.39 is 8.80 Å². The molecule has 0 aromatic heterocycles. The molecule has 0 bridgehead atoms. The Balaban J connectivity index is 2.73. The highest BCUT2D eigenvalue weighted by Crippen LogP contribution is 2.29. The maximum atomic E-state index is 5.81. The molecule has 148 valence electrons. The van der Waals surface area contributed by atoms with E-state index in [1.54, 1.807) is 21.3 Å². The van der Waals surface area contributed by atoms with Gasteiger partial charge in [-0.3, -0.25) is 9.80 Å². The number of hydrogen-bond donors (Lipinski definition) is 0. The van der Waals surface area contributed by atoms with E-state index in [9.17, 15) is 0 Å². The quantitative estimate of drug-likeness (QED) is 0.290. The molecule has 0 aliphatic heterocycles. The molecule has 1 aromatic rings. The number of unbranched alkanes of at least 4 members (excludes halogenated alkanes) is 1. The molecule has 5 nitrogen and oxygen atoms in total. The van der Waals surface area contributed by atoms with Crippen molar-refractivity contribution in [3.63, 3.8) is 0 Å². The van der Waals surface area contributed by atoms with E-state index in [1.165, 1.54) is 11.6 Å². The summed E-state index contributed by atoms with van der Waals surface area (Å²) in [5.41, 5.74) is 0. The van der Waals surface area contributed by atoms with Crippen molar-refractivity contribution in [1.82, 2.24) is 9.80 Å². The first-order chi connectivity index (χ1) is 12.4. The average molecular weight is 397 g/mol. The minimum Gasteiger partial charge on any atom is -0.377 e. The Hall–Kier alpha value is -0.546. The molecule has 1 rings (SSSR count). The van der Waals surface area contributed by atoms with Crippen molar-refractivity contribution in [3.05, 3.63) is 30.3 Å². The minimum atomic E-state index is -2.66. The van der Waals surface area contributed by atoms with Crippen molar-refractivity contribution in [3.8, 4) is 0 Å². The number of nitrogens with zero attached hydrogens (tertiary/aromatic N) is 2. The smallest absolute Gasteiger partial charge is 0.377 e. The van der Waals surface area contributed by atoms with Crippen LogP contribution in [0, 0.1) is 0 Å². The molecule has 1 aromatic carbocycles. The molecule has 0 aliphatic carbocycles. The zero-order valence-corrected chi connectivity index (χ0v) is 19.5. The molecule has 1 atom stereocenters. The average Bonchev–Trinajstić information content (AvgIpc) is 2.63. The first-order valence-corrected chi connectivity index (χ1v) is 12.1. The topological polar surface area (TPSA) is 34.2 Å². The van der Waals surface area contributed by atoms with Crippen molar-refractivity contribution >= 4 is 23.5 Å². The molecule has 1 unspecified atom stereocenters. The van der Waals surface area contributed by atoms with Gasteiger partial charge in [-0.05, 0) is 41.0 Å². The summed E-state index contributed by atoms with van der Waals surface area (Å²) in [4.78, 5) is 4.56. The molecule has 0 saturated heterocycles. The molecule has 0 N–H and O–H groups in total. The number of hydrogen-bond acceptors (Lipinski definition) is 5. The van der Waals surface area contributed by atoms with E-state index in [4.69, 9.17) is 13.3 Å². The molecule has 0 aliphatic rings. The lowest BCUT2D eigenvalue weighted by Gasteiger charge is -2.33. The summed E-state index contributed by atoms with van der Waals surface area (Å²) in [5, 5.41) is 1.63. The van der Waals surface area contributed by atoms with Crippen LogP contribution in [-0.4, -0.2) is 83.8 Å². The second-order valence-electron chi connectivity index (χ2n) is 6.97. The van der Waals surface area contributed by atoms with Crippen molar-refractivity contribution in [1.29, 1.82) is 0 Å². The lowest BCUT2D eigenvalue weighted by molar-refractivity contribution is 0.113. The van der Waals surface area contributed by atoms with E-state index in [-0.39, 0.29) is 0 Å². The summed E-state index contributed by atoms with van der Waals surface area (Å²) in [5.74, 6) is 0. The Morgan fingerprint density at radius 3 is 1.81 bits per heavy atom. The Morgan fingerprint density at radius 2 is 1.35 bits per heavy atom. The van der Waals surface area contributed by atoms with Crippen molar-refractivity contribution in [2.75, 3.05) is 49.5 Å². The monoisotopic (exact) mass is 396 g/mol. The summed E-state index contributed by atoms with van der Waals surface area (Å²) in [6.07, 6.45) is 5.01. The van der Waals surface area contributed by atoms with E-state index in [0.29, 0.717) is 20.8 Å². The molecule has 2 radical (unpaired) electrons. The normalized spacial score (nSPS) is 13.8. The first kappa shape index (κ1) is 23.5. The standard InChI is InChI=1S/C19H36N2O3Si2/c1-20(2)18(21(3)4)15-11-12-16-19(26(22-5,23-6)24-7)25-17-13-9-8-10-14-17/h8-10,13-14,18-19H,11-12,15-16H2,1-7H3. The highest BCUT2D eigenvalue weighted by molar-refractivity contribution is 6.78. The van der Waals surface area contributed by atoms with Crippen molar-refractivity contribution < 1.29 is 13.3 Å². The zero-order chi connectivity index (χ0) is 19.6. The molecule has 0 spiro atoms. The van der Waals surface area contributed by atoms with E-state index in [0.717, 1.165) is 19.3 Å². The second kappa shape index (κ2) is 12.0. The van der Waals surface area contributed by atoms with Gasteiger partial charge in [0.05, 0.1) is 15.7 Å². The fraction of sp³-hybridized carbons (Fsp3) is 0.684. The summed E-state index contributed by atoms with van der Waals surface area (Å²) < 4.78 is 17.4. The molecule has 0 amide bonds. The third-order valence-corrected chi connectivity index (χ3v) is 10.4. The second-order valence-corrected chi connectivity index (χ2v) is 12.2. The van der Waals surface area contributed by atoms with E-state index >= 15 is 0 Å². The largest absolute Gasteiger partial charge is 0.500 e. The molecular formula is C19H36N2O3Si2. The molecule has 7 heteroatoms. The Labute approximate surface area is 163 Å². The molecule has 0 saturated carbocycles. The minimum absolute atomic E-state index is 0.294. The van der Waals surface area contributed by atoms with Crippen molar-refractivity contribution in [2.45, 2.75) is 37.0 Å². The number of rotatable bonds is 13. The Bertz CT molecular complexity index is 469. The van der Waals surface area contributed by atoms with Crippen LogP contribution < -0.4 is 5.19 Å². The Morgan fingerprint density at radius 1 is 0.846 bits per heavy atom. The van der Waals surface area contributed by atoms with Gasteiger partial charge in [-0.25, -0.2) is 0 Å². The fourth-order valence-electron chi connectivity index (χ4n) is 3.40. The molecule has 26 heavy (non-hydrogen) atoms. The summed E-state index contributed by atoms with van der Waals surface area (Å²) in [6.45, 7) is 0. The maximum Gasteiger partial charge on any atom is 0.500 e. The summed E-state index contributed by atoms with van der Waals surface area (Å²) >= 11 is 0. The van der Waals surface area contributed by atoms with Crippen LogP contribution in [0.1, 0.15) is 25.7 Å². The van der Waals surface area contributed by atoms with Gasteiger partial charge in [0.1, 0.15) is 0 Å². The van der Waals surface area contributed by atoms with Gasteiger partial charge in [0.2, 0.25) is 0 Å². The van der Waals surface area contributed by atoms with Gasteiger partial charge in [-0.2, -0.15) is 0 Å². The van der Waals surface area contributed by atoms with E-state index in [2.05, 4.69) is 68.3 Å². The van der Waals surface area contributed by atoms with Crippen LogP contribution in [0.15, 0.2) is 30.3 Å². The molecular weight excluding hydrogens is 360 g/mol. The van der Waals surface area contributed by atoms with Crippen molar-refractivity contribution in [2.24, 2.45) is 0 Å². The van der Waals surface area contributed by atoms with Gasteiger partial charge in [0.15, 0.2) is 0 Å². The molecule has 0 heterocycles. The van der Waals surface area contributed by atoms with Gasteiger partial charge < -0.3 is 13.3 Å².